The molecular formula is C13H9BrF3N. The van der Waals surface area contributed by atoms with Crippen molar-refractivity contribution in [2.75, 3.05) is 5.32 Å². The molecular weight excluding hydrogens is 307 g/mol. The molecule has 0 aliphatic heterocycles. The summed E-state index contributed by atoms with van der Waals surface area (Å²) in [7, 11) is 0. The van der Waals surface area contributed by atoms with E-state index in [0.717, 1.165) is 6.07 Å². The Bertz CT molecular complexity index is 552. The van der Waals surface area contributed by atoms with Crippen LogP contribution in [-0.2, 0) is 6.54 Å². The van der Waals surface area contributed by atoms with Crippen LogP contribution in [-0.4, -0.2) is 0 Å². The molecule has 18 heavy (non-hydrogen) atoms. The highest BCUT2D eigenvalue weighted by Crippen LogP contribution is 2.22. The second-order valence-corrected chi connectivity index (χ2v) is 4.52. The van der Waals surface area contributed by atoms with E-state index in [1.54, 1.807) is 12.1 Å². The second kappa shape index (κ2) is 5.44. The van der Waals surface area contributed by atoms with Crippen molar-refractivity contribution in [2.24, 2.45) is 0 Å². The molecule has 0 fully saturated rings. The summed E-state index contributed by atoms with van der Waals surface area (Å²) < 4.78 is 39.5. The molecule has 0 bridgehead atoms. The third-order valence-corrected chi connectivity index (χ3v) is 3.27. The van der Waals surface area contributed by atoms with Crippen LogP contribution in [0.4, 0.5) is 18.9 Å². The van der Waals surface area contributed by atoms with Crippen LogP contribution in [0.2, 0.25) is 0 Å². The summed E-state index contributed by atoms with van der Waals surface area (Å²) in [5.74, 6) is -1.69. The van der Waals surface area contributed by atoms with Gasteiger partial charge in [0.05, 0.1) is 4.47 Å². The van der Waals surface area contributed by atoms with Crippen LogP contribution in [0, 0.1) is 17.5 Å². The predicted octanol–water partition coefficient (Wildman–Crippen LogP) is 4.48. The lowest BCUT2D eigenvalue weighted by atomic mass is 10.2. The van der Waals surface area contributed by atoms with E-state index in [9.17, 15) is 13.2 Å². The topological polar surface area (TPSA) is 12.0 Å². The van der Waals surface area contributed by atoms with Gasteiger partial charge in [0, 0.05) is 18.3 Å². The van der Waals surface area contributed by atoms with Crippen molar-refractivity contribution in [3.05, 3.63) is 63.9 Å². The van der Waals surface area contributed by atoms with Crippen LogP contribution in [0.1, 0.15) is 5.56 Å². The van der Waals surface area contributed by atoms with E-state index in [-0.39, 0.29) is 12.4 Å². The summed E-state index contributed by atoms with van der Waals surface area (Å²) in [5, 5.41) is 2.83. The van der Waals surface area contributed by atoms with Crippen LogP contribution in [0.15, 0.2) is 40.9 Å². The number of anilines is 1. The maximum absolute atomic E-state index is 13.2. The Hall–Kier alpha value is -1.49. The predicted molar refractivity (Wildman–Crippen MR) is 67.8 cm³/mol. The smallest absolute Gasteiger partial charge is 0.137 e. The van der Waals surface area contributed by atoms with E-state index < -0.39 is 11.6 Å². The average Bonchev–Trinajstić information content (AvgIpc) is 2.30. The maximum Gasteiger partial charge on any atom is 0.137 e. The Morgan fingerprint density at radius 2 is 1.67 bits per heavy atom. The lowest BCUT2D eigenvalue weighted by Crippen LogP contribution is -2.01. The first-order valence-corrected chi connectivity index (χ1v) is 5.98. The van der Waals surface area contributed by atoms with Gasteiger partial charge in [0.1, 0.15) is 17.5 Å². The van der Waals surface area contributed by atoms with Gasteiger partial charge in [-0.05, 0) is 39.7 Å². The molecule has 0 aromatic heterocycles. The molecule has 0 heterocycles. The van der Waals surface area contributed by atoms with Crippen molar-refractivity contribution in [1.82, 2.24) is 0 Å². The van der Waals surface area contributed by atoms with Gasteiger partial charge < -0.3 is 5.32 Å². The van der Waals surface area contributed by atoms with Gasteiger partial charge in [-0.15, -0.1) is 0 Å². The summed E-state index contributed by atoms with van der Waals surface area (Å²) in [6.07, 6.45) is 0. The van der Waals surface area contributed by atoms with E-state index in [0.29, 0.717) is 15.7 Å². The minimum atomic E-state index is -0.657. The fourth-order valence-electron chi connectivity index (χ4n) is 1.54. The molecule has 0 radical (unpaired) electrons. The highest BCUT2D eigenvalue weighted by atomic mass is 79.9. The molecule has 2 aromatic rings. The molecule has 0 saturated carbocycles. The van der Waals surface area contributed by atoms with Gasteiger partial charge in [-0.2, -0.15) is 0 Å². The van der Waals surface area contributed by atoms with Crippen molar-refractivity contribution in [3.8, 4) is 0 Å². The van der Waals surface area contributed by atoms with Gasteiger partial charge in [-0.3, -0.25) is 0 Å². The first kappa shape index (κ1) is 13.0. The molecule has 0 aliphatic rings. The van der Waals surface area contributed by atoms with Gasteiger partial charge in [0.25, 0.3) is 0 Å². The quantitative estimate of drug-likeness (QED) is 0.880. The molecule has 94 valence electrons. The molecule has 0 atom stereocenters. The molecule has 0 aliphatic carbocycles. The van der Waals surface area contributed by atoms with E-state index in [2.05, 4.69) is 21.2 Å². The Kier molecular flexibility index (Phi) is 3.91. The van der Waals surface area contributed by atoms with Gasteiger partial charge >= 0.3 is 0 Å². The number of hydrogen-bond acceptors (Lipinski definition) is 1. The first-order chi connectivity index (χ1) is 8.56. The first-order valence-electron chi connectivity index (χ1n) is 5.19. The minimum absolute atomic E-state index is 0.265. The Labute approximate surface area is 111 Å². The lowest BCUT2D eigenvalue weighted by Gasteiger charge is -2.09. The van der Waals surface area contributed by atoms with Gasteiger partial charge in [-0.25, -0.2) is 13.2 Å². The number of rotatable bonds is 3. The zero-order chi connectivity index (χ0) is 13.1. The van der Waals surface area contributed by atoms with Crippen molar-refractivity contribution in [1.29, 1.82) is 0 Å². The maximum atomic E-state index is 13.2. The summed E-state index contributed by atoms with van der Waals surface area (Å²) >= 11 is 3.12. The number of nitrogens with one attached hydrogen (secondary N) is 1. The van der Waals surface area contributed by atoms with Crippen LogP contribution in [0.25, 0.3) is 0 Å². The monoisotopic (exact) mass is 315 g/mol. The van der Waals surface area contributed by atoms with E-state index in [1.165, 1.54) is 18.2 Å². The normalized spacial score (nSPS) is 10.4. The third-order valence-electron chi connectivity index (χ3n) is 2.38. The number of halogens is 4. The van der Waals surface area contributed by atoms with Gasteiger partial charge in [0.15, 0.2) is 0 Å². The lowest BCUT2D eigenvalue weighted by molar-refractivity contribution is 0.584. The fourth-order valence-corrected chi connectivity index (χ4v) is 1.94. The number of hydrogen-bond donors (Lipinski definition) is 1. The van der Waals surface area contributed by atoms with Gasteiger partial charge in [0.2, 0.25) is 0 Å². The highest BCUT2D eigenvalue weighted by Gasteiger charge is 2.05. The van der Waals surface area contributed by atoms with Crippen LogP contribution in [0.5, 0.6) is 0 Å². The SMILES string of the molecule is Fc1cc(F)cc(NCc2cccc(F)c2Br)c1. The van der Waals surface area contributed by atoms with Crippen molar-refractivity contribution in [2.45, 2.75) is 6.54 Å². The standard InChI is InChI=1S/C13H9BrF3N/c14-13-8(2-1-3-12(13)17)7-18-11-5-9(15)4-10(16)6-11/h1-6,18H,7H2. The van der Waals surface area contributed by atoms with Crippen molar-refractivity contribution < 1.29 is 13.2 Å². The Morgan fingerprint density at radius 1 is 1.00 bits per heavy atom. The number of benzene rings is 2. The van der Waals surface area contributed by atoms with Crippen molar-refractivity contribution >= 4 is 21.6 Å². The van der Waals surface area contributed by atoms with Crippen LogP contribution < -0.4 is 5.32 Å². The van der Waals surface area contributed by atoms with Crippen LogP contribution in [0.3, 0.4) is 0 Å². The highest BCUT2D eigenvalue weighted by molar-refractivity contribution is 9.10. The molecule has 0 saturated heterocycles. The zero-order valence-electron chi connectivity index (χ0n) is 9.18. The summed E-state index contributed by atoms with van der Waals surface area (Å²) in [4.78, 5) is 0. The largest absolute Gasteiger partial charge is 0.381 e. The minimum Gasteiger partial charge on any atom is -0.381 e. The fraction of sp³-hybridized carbons (Fsp3) is 0.0769. The molecule has 5 heteroatoms. The Balaban J connectivity index is 2.14. The molecule has 0 spiro atoms. The summed E-state index contributed by atoms with van der Waals surface area (Å²) in [6.45, 7) is 0.265. The van der Waals surface area contributed by atoms with E-state index in [1.807, 2.05) is 0 Å². The van der Waals surface area contributed by atoms with Gasteiger partial charge in [-0.1, -0.05) is 12.1 Å². The average molecular weight is 316 g/mol. The van der Waals surface area contributed by atoms with Crippen molar-refractivity contribution in [3.63, 3.8) is 0 Å². The Morgan fingerprint density at radius 3 is 2.33 bits per heavy atom. The van der Waals surface area contributed by atoms with E-state index in [4.69, 9.17) is 0 Å². The molecule has 2 aromatic carbocycles. The van der Waals surface area contributed by atoms with E-state index >= 15 is 0 Å². The molecule has 1 N–H and O–H groups in total. The molecule has 0 amide bonds. The summed E-state index contributed by atoms with van der Waals surface area (Å²) in [6, 6.07) is 7.77. The van der Waals surface area contributed by atoms with Crippen LogP contribution >= 0.6 is 15.9 Å². The second-order valence-electron chi connectivity index (χ2n) is 3.72. The molecule has 1 nitrogen and oxygen atoms in total. The molecule has 2 rings (SSSR count). The zero-order valence-corrected chi connectivity index (χ0v) is 10.8. The summed E-state index contributed by atoms with van der Waals surface area (Å²) in [5.41, 5.74) is 0.975. The third kappa shape index (κ3) is 3.04. The molecule has 0 unspecified atom stereocenters.